The molecule has 0 aliphatic heterocycles. The molecule has 0 saturated carbocycles. The second kappa shape index (κ2) is 10.6. The Kier molecular flexibility index (Phi) is 9.63. The Morgan fingerprint density at radius 2 is 1.25 bits per heavy atom. The van der Waals surface area contributed by atoms with Crippen molar-refractivity contribution in [2.24, 2.45) is 5.92 Å². The maximum absolute atomic E-state index is 12.0. The van der Waals surface area contributed by atoms with Crippen molar-refractivity contribution in [2.45, 2.75) is 31.8 Å². The molecule has 138 valence electrons. The van der Waals surface area contributed by atoms with E-state index in [2.05, 4.69) is 9.47 Å². The van der Waals surface area contributed by atoms with E-state index in [1.165, 1.54) is 33.3 Å². The van der Waals surface area contributed by atoms with Crippen molar-refractivity contribution in [3.05, 3.63) is 0 Å². The summed E-state index contributed by atoms with van der Waals surface area (Å²) in [4.78, 5) is 48.5. The molecule has 0 aromatic rings. The molecule has 3 unspecified atom stereocenters. The highest BCUT2D eigenvalue weighted by atomic mass is 16.5. The smallest absolute Gasteiger partial charge is 0.323 e. The Labute approximate surface area is 141 Å². The minimum absolute atomic E-state index is 0.221. The molecule has 0 aromatic heterocycles. The quantitative estimate of drug-likeness (QED) is 0.412. The molecule has 0 radical (unpaired) electrons. The van der Waals surface area contributed by atoms with Crippen molar-refractivity contribution >= 4 is 23.9 Å². The minimum atomic E-state index is -0.970. The van der Waals surface area contributed by atoms with Gasteiger partial charge in [-0.1, -0.05) is 0 Å². The highest BCUT2D eigenvalue weighted by molar-refractivity contribution is 5.83. The van der Waals surface area contributed by atoms with Gasteiger partial charge in [-0.05, 0) is 14.0 Å². The molecule has 0 N–H and O–H groups in total. The lowest BCUT2D eigenvalue weighted by Crippen LogP contribution is -2.50. The van der Waals surface area contributed by atoms with E-state index in [-0.39, 0.29) is 12.8 Å². The molecule has 9 nitrogen and oxygen atoms in total. The molecule has 0 rings (SSSR count). The molecule has 24 heavy (non-hydrogen) atoms. The Morgan fingerprint density at radius 3 is 1.67 bits per heavy atom. The summed E-state index contributed by atoms with van der Waals surface area (Å²) in [6.45, 7) is 1.64. The zero-order valence-electron chi connectivity index (χ0n) is 14.9. The van der Waals surface area contributed by atoms with E-state index >= 15 is 0 Å². The van der Waals surface area contributed by atoms with Crippen molar-refractivity contribution in [1.82, 2.24) is 4.90 Å². The van der Waals surface area contributed by atoms with Gasteiger partial charge in [-0.2, -0.15) is 0 Å². The predicted octanol–water partition coefficient (Wildman–Crippen LogP) is -0.236. The minimum Gasteiger partial charge on any atom is -0.469 e. The fourth-order valence-electron chi connectivity index (χ4n) is 2.20. The third-order valence-electron chi connectivity index (χ3n) is 3.90. The van der Waals surface area contributed by atoms with Crippen molar-refractivity contribution < 1.29 is 38.1 Å². The maximum Gasteiger partial charge on any atom is 0.323 e. The molecule has 0 bridgehead atoms. The van der Waals surface area contributed by atoms with E-state index in [4.69, 9.17) is 9.47 Å². The molecule has 0 aromatic carbocycles. The number of methoxy groups -OCH3 is 4. The van der Waals surface area contributed by atoms with Crippen LogP contribution in [0, 0.1) is 5.92 Å². The first-order valence-electron chi connectivity index (χ1n) is 7.24. The van der Waals surface area contributed by atoms with Gasteiger partial charge in [0.25, 0.3) is 0 Å². The Bertz CT molecular complexity index is 422. The number of rotatable bonds is 9. The number of ether oxygens (including phenoxy) is 4. The van der Waals surface area contributed by atoms with E-state index < -0.39 is 41.9 Å². The van der Waals surface area contributed by atoms with Crippen LogP contribution in [0.15, 0.2) is 0 Å². The summed E-state index contributed by atoms with van der Waals surface area (Å²) in [5.41, 5.74) is 0. The second-order valence-corrected chi connectivity index (χ2v) is 5.14. The average Bonchev–Trinajstić information content (AvgIpc) is 2.60. The number of nitrogens with zero attached hydrogens (tertiary/aromatic N) is 1. The molecule has 3 atom stereocenters. The van der Waals surface area contributed by atoms with Gasteiger partial charge < -0.3 is 18.9 Å². The SMILES string of the molecule is COC(=O)CC(C(=O)OC)C(C)N(C)C(CC(=O)OC)C(=O)OC. The zero-order chi connectivity index (χ0) is 18.9. The van der Waals surface area contributed by atoms with Crippen LogP contribution in [0.2, 0.25) is 0 Å². The Balaban J connectivity index is 5.41. The van der Waals surface area contributed by atoms with Crippen LogP contribution >= 0.6 is 0 Å². The van der Waals surface area contributed by atoms with Crippen LogP contribution < -0.4 is 0 Å². The molecule has 0 amide bonds. The highest BCUT2D eigenvalue weighted by Crippen LogP contribution is 2.20. The van der Waals surface area contributed by atoms with Crippen LogP contribution in [0.25, 0.3) is 0 Å². The molecule has 0 saturated heterocycles. The fourth-order valence-corrected chi connectivity index (χ4v) is 2.20. The molecule has 0 aliphatic rings. The molecular weight excluding hydrogens is 322 g/mol. The first-order valence-corrected chi connectivity index (χ1v) is 7.24. The first-order chi connectivity index (χ1) is 11.2. The highest BCUT2D eigenvalue weighted by Gasteiger charge is 2.37. The van der Waals surface area contributed by atoms with Crippen molar-refractivity contribution in [3.63, 3.8) is 0 Å². The molecule has 9 heteroatoms. The van der Waals surface area contributed by atoms with E-state index in [1.807, 2.05) is 0 Å². The van der Waals surface area contributed by atoms with E-state index in [0.717, 1.165) is 0 Å². The van der Waals surface area contributed by atoms with Gasteiger partial charge in [0.1, 0.15) is 6.04 Å². The van der Waals surface area contributed by atoms with Crippen molar-refractivity contribution in [3.8, 4) is 0 Å². The summed E-state index contributed by atoms with van der Waals surface area (Å²) < 4.78 is 18.6. The summed E-state index contributed by atoms with van der Waals surface area (Å²) >= 11 is 0. The Hall–Kier alpha value is -2.16. The summed E-state index contributed by atoms with van der Waals surface area (Å²) in [6, 6.07) is -1.58. The van der Waals surface area contributed by atoms with Crippen LogP contribution in [0.5, 0.6) is 0 Å². The Morgan fingerprint density at radius 1 is 0.792 bits per heavy atom. The van der Waals surface area contributed by atoms with Crippen molar-refractivity contribution in [2.75, 3.05) is 35.5 Å². The molecule has 0 aliphatic carbocycles. The summed E-state index contributed by atoms with van der Waals surface area (Å²) in [7, 11) is 6.35. The van der Waals surface area contributed by atoms with Crippen LogP contribution in [0.3, 0.4) is 0 Å². The van der Waals surface area contributed by atoms with Gasteiger partial charge >= 0.3 is 23.9 Å². The largest absolute Gasteiger partial charge is 0.469 e. The number of likely N-dealkylation sites (N-methyl/N-ethyl adjacent to an activating group) is 1. The summed E-state index contributed by atoms with van der Waals surface area (Å²) in [5.74, 6) is -3.35. The topological polar surface area (TPSA) is 108 Å². The number of esters is 4. The van der Waals surface area contributed by atoms with Gasteiger partial charge in [-0.25, -0.2) is 0 Å². The van der Waals surface area contributed by atoms with Crippen LogP contribution in [-0.2, 0) is 38.1 Å². The van der Waals surface area contributed by atoms with E-state index in [1.54, 1.807) is 14.0 Å². The number of carbonyl (C=O) groups excluding carboxylic acids is 4. The fraction of sp³-hybridized carbons (Fsp3) is 0.733. The third-order valence-corrected chi connectivity index (χ3v) is 3.90. The van der Waals surface area contributed by atoms with Crippen LogP contribution in [0.4, 0.5) is 0 Å². The van der Waals surface area contributed by atoms with E-state index in [0.29, 0.717) is 0 Å². The standard InChI is InChI=1S/C15H25NO8/c1-9(10(14(19)23-5)7-12(17)21-3)16(2)11(15(20)24-6)8-13(18)22-4/h9-11H,7-8H2,1-6H3. The summed E-state index contributed by atoms with van der Waals surface area (Å²) in [5, 5.41) is 0. The number of carbonyl (C=O) groups is 4. The first kappa shape index (κ1) is 21.8. The van der Waals surface area contributed by atoms with Gasteiger partial charge in [0, 0.05) is 6.04 Å². The predicted molar refractivity (Wildman–Crippen MR) is 81.8 cm³/mol. The van der Waals surface area contributed by atoms with Crippen molar-refractivity contribution in [1.29, 1.82) is 0 Å². The lowest BCUT2D eigenvalue weighted by atomic mass is 9.94. The molecule has 0 heterocycles. The molecule has 0 spiro atoms. The molecular formula is C15H25NO8. The zero-order valence-corrected chi connectivity index (χ0v) is 14.9. The monoisotopic (exact) mass is 347 g/mol. The number of hydrogen-bond donors (Lipinski definition) is 0. The molecule has 0 fully saturated rings. The lowest BCUT2D eigenvalue weighted by molar-refractivity contribution is -0.159. The van der Waals surface area contributed by atoms with E-state index in [9.17, 15) is 19.2 Å². The second-order valence-electron chi connectivity index (χ2n) is 5.14. The number of hydrogen-bond acceptors (Lipinski definition) is 9. The lowest BCUT2D eigenvalue weighted by Gasteiger charge is -2.34. The van der Waals surface area contributed by atoms with Gasteiger partial charge in [0.05, 0.1) is 47.2 Å². The van der Waals surface area contributed by atoms with Gasteiger partial charge in [-0.15, -0.1) is 0 Å². The van der Waals surface area contributed by atoms with Gasteiger partial charge in [0.2, 0.25) is 0 Å². The normalized spacial score (nSPS) is 14.3. The summed E-state index contributed by atoms with van der Waals surface area (Å²) in [6.07, 6.45) is -0.475. The third kappa shape index (κ3) is 6.15. The van der Waals surface area contributed by atoms with Gasteiger partial charge in [0.15, 0.2) is 0 Å². The van der Waals surface area contributed by atoms with Crippen LogP contribution in [0.1, 0.15) is 19.8 Å². The average molecular weight is 347 g/mol. The maximum atomic E-state index is 12.0. The van der Waals surface area contributed by atoms with Crippen LogP contribution in [-0.4, -0.2) is 76.3 Å². The van der Waals surface area contributed by atoms with Gasteiger partial charge in [-0.3, -0.25) is 24.1 Å².